The molecular formula is C25H23F4N3O4S. The van der Waals surface area contributed by atoms with Crippen LogP contribution in [-0.4, -0.2) is 34.2 Å². The zero-order chi connectivity index (χ0) is 27.9. The zero-order valence-electron chi connectivity index (χ0n) is 20.3. The van der Waals surface area contributed by atoms with E-state index in [1.54, 1.807) is 6.92 Å². The average Bonchev–Trinajstić information content (AvgIpc) is 3.00. The van der Waals surface area contributed by atoms with Gasteiger partial charge in [-0.2, -0.15) is 18.4 Å². The number of carbonyl (C=O) groups excluding carboxylic acids is 1. The molecule has 196 valence electrons. The maximum absolute atomic E-state index is 15.0. The van der Waals surface area contributed by atoms with Gasteiger partial charge in [-0.1, -0.05) is 6.92 Å². The number of carboxylic acid groups (broad SMARTS) is 1. The molecule has 1 atom stereocenters. The van der Waals surface area contributed by atoms with Crippen molar-refractivity contribution in [2.75, 3.05) is 16.4 Å². The van der Waals surface area contributed by atoms with Crippen LogP contribution in [0, 0.1) is 22.6 Å². The number of benzene rings is 2. The molecule has 7 nitrogen and oxygen atoms in total. The third-order valence-electron chi connectivity index (χ3n) is 6.37. The summed E-state index contributed by atoms with van der Waals surface area (Å²) in [5.74, 6) is -2.80. The lowest BCUT2D eigenvalue weighted by Crippen LogP contribution is -2.44. The minimum Gasteiger partial charge on any atom is -0.489 e. The molecule has 12 heteroatoms. The molecular weight excluding hydrogens is 514 g/mol. The number of hydrogen-bond donors (Lipinski definition) is 1. The number of carbonyl (C=O) groups is 2. The van der Waals surface area contributed by atoms with Gasteiger partial charge in [0.15, 0.2) is 16.7 Å². The topological polar surface area (TPSA) is 93.9 Å². The van der Waals surface area contributed by atoms with Crippen molar-refractivity contribution in [3.05, 3.63) is 53.3 Å². The molecule has 0 radical (unpaired) electrons. The number of carboxylic acids is 1. The molecule has 0 aromatic heterocycles. The SMILES string of the molecule is CCC(C)(COc1ccc(N2C(=S)N(c3ccc(C#N)c(C(F)(F)F)c3)C(=O)C2(C)C)cc1F)C(=O)O. The van der Waals surface area contributed by atoms with Crippen LogP contribution < -0.4 is 14.5 Å². The van der Waals surface area contributed by atoms with Gasteiger partial charge in [0.2, 0.25) is 0 Å². The standard InChI is InChI=1S/C25H23F4N3O4S/c1-5-24(4,21(34)35)13-36-19-9-8-16(11-18(19)26)32-22(37)31(20(33)23(32,2)3)15-7-6-14(12-30)17(10-15)25(27,28)29/h6-11H,5,13H2,1-4H3,(H,34,35). The highest BCUT2D eigenvalue weighted by atomic mass is 32.1. The summed E-state index contributed by atoms with van der Waals surface area (Å²) in [4.78, 5) is 27.0. The van der Waals surface area contributed by atoms with Crippen LogP contribution in [-0.2, 0) is 15.8 Å². The van der Waals surface area contributed by atoms with E-state index in [1.165, 1.54) is 49.9 Å². The van der Waals surface area contributed by atoms with E-state index in [2.05, 4.69) is 0 Å². The molecule has 37 heavy (non-hydrogen) atoms. The van der Waals surface area contributed by atoms with Gasteiger partial charge in [0.1, 0.15) is 12.1 Å². The molecule has 1 heterocycles. The smallest absolute Gasteiger partial charge is 0.417 e. The second kappa shape index (κ2) is 9.63. The monoisotopic (exact) mass is 537 g/mol. The van der Waals surface area contributed by atoms with Gasteiger partial charge < -0.3 is 14.7 Å². The summed E-state index contributed by atoms with van der Waals surface area (Å²) in [7, 11) is 0. The van der Waals surface area contributed by atoms with Crippen molar-refractivity contribution in [1.82, 2.24) is 0 Å². The second-order valence-corrected chi connectivity index (χ2v) is 9.64. The molecule has 1 amide bonds. The maximum atomic E-state index is 15.0. The lowest BCUT2D eigenvalue weighted by Gasteiger charge is -2.30. The third kappa shape index (κ3) is 4.96. The van der Waals surface area contributed by atoms with E-state index in [0.717, 1.165) is 17.0 Å². The Labute approximate surface area is 215 Å². The summed E-state index contributed by atoms with van der Waals surface area (Å²) in [6, 6.07) is 8.01. The maximum Gasteiger partial charge on any atom is 0.417 e. The number of halogens is 4. The van der Waals surface area contributed by atoms with Crippen LogP contribution in [0.3, 0.4) is 0 Å². The molecule has 1 saturated heterocycles. The first kappa shape index (κ1) is 27.9. The Morgan fingerprint density at radius 2 is 1.81 bits per heavy atom. The molecule has 1 unspecified atom stereocenters. The van der Waals surface area contributed by atoms with E-state index < -0.39 is 46.0 Å². The molecule has 2 aromatic carbocycles. The van der Waals surface area contributed by atoms with Gasteiger partial charge in [0.05, 0.1) is 28.3 Å². The third-order valence-corrected chi connectivity index (χ3v) is 6.74. The molecule has 1 N–H and O–H groups in total. The van der Waals surface area contributed by atoms with Crippen LogP contribution in [0.2, 0.25) is 0 Å². The molecule has 1 aliphatic heterocycles. The van der Waals surface area contributed by atoms with Crippen molar-refractivity contribution in [2.24, 2.45) is 5.41 Å². The van der Waals surface area contributed by atoms with Crippen LogP contribution >= 0.6 is 12.2 Å². The van der Waals surface area contributed by atoms with E-state index in [1.807, 2.05) is 0 Å². The number of anilines is 2. The van der Waals surface area contributed by atoms with Gasteiger partial charge in [-0.25, -0.2) is 4.39 Å². The van der Waals surface area contributed by atoms with Crippen molar-refractivity contribution < 1.29 is 37.0 Å². The lowest BCUT2D eigenvalue weighted by atomic mass is 9.89. The number of hydrogen-bond acceptors (Lipinski definition) is 5. The number of ether oxygens (including phenoxy) is 1. The molecule has 3 rings (SSSR count). The van der Waals surface area contributed by atoms with Crippen LogP contribution in [0.4, 0.5) is 28.9 Å². The van der Waals surface area contributed by atoms with Crippen LogP contribution in [0.5, 0.6) is 5.75 Å². The number of nitrogens with zero attached hydrogens (tertiary/aromatic N) is 3. The highest BCUT2D eigenvalue weighted by molar-refractivity contribution is 7.81. The van der Waals surface area contributed by atoms with Gasteiger partial charge in [-0.05, 0) is 69.7 Å². The zero-order valence-corrected chi connectivity index (χ0v) is 21.1. The quantitative estimate of drug-likeness (QED) is 0.368. The van der Waals surface area contributed by atoms with E-state index in [0.29, 0.717) is 6.07 Å². The van der Waals surface area contributed by atoms with Gasteiger partial charge >= 0.3 is 12.1 Å². The number of nitriles is 1. The number of aliphatic carboxylic acids is 1. The number of rotatable bonds is 7. The highest BCUT2D eigenvalue weighted by Gasteiger charge is 2.51. The molecule has 1 aliphatic rings. The fourth-order valence-corrected chi connectivity index (χ4v) is 4.28. The van der Waals surface area contributed by atoms with Gasteiger partial charge in [0.25, 0.3) is 5.91 Å². The minimum atomic E-state index is -4.84. The molecule has 0 saturated carbocycles. The number of thiocarbonyl (C=S) groups is 1. The Morgan fingerprint density at radius 3 is 2.32 bits per heavy atom. The Balaban J connectivity index is 1.97. The van der Waals surface area contributed by atoms with Crippen molar-refractivity contribution in [1.29, 1.82) is 5.26 Å². The van der Waals surface area contributed by atoms with Crippen LogP contribution in [0.15, 0.2) is 36.4 Å². The normalized spacial score (nSPS) is 16.9. The summed E-state index contributed by atoms with van der Waals surface area (Å²) in [6.45, 7) is 5.83. The molecule has 0 bridgehead atoms. The first-order valence-corrected chi connectivity index (χ1v) is 11.4. The average molecular weight is 538 g/mol. The molecule has 2 aromatic rings. The van der Waals surface area contributed by atoms with Gasteiger partial charge in [-0.3, -0.25) is 14.5 Å². The largest absolute Gasteiger partial charge is 0.489 e. The molecule has 1 fully saturated rings. The predicted octanol–water partition coefficient (Wildman–Crippen LogP) is 5.51. The predicted molar refractivity (Wildman–Crippen MR) is 131 cm³/mol. The first-order valence-electron chi connectivity index (χ1n) is 11.0. The Morgan fingerprint density at radius 1 is 1.19 bits per heavy atom. The van der Waals surface area contributed by atoms with E-state index in [-0.39, 0.29) is 35.3 Å². The fraction of sp³-hybridized carbons (Fsp3) is 0.360. The summed E-state index contributed by atoms with van der Waals surface area (Å²) in [6.07, 6.45) is -4.59. The molecule has 0 spiro atoms. The van der Waals surface area contributed by atoms with E-state index in [4.69, 9.17) is 22.2 Å². The minimum absolute atomic E-state index is 0.136. The highest BCUT2D eigenvalue weighted by Crippen LogP contribution is 2.40. The second-order valence-electron chi connectivity index (χ2n) is 9.28. The number of amides is 1. The van der Waals surface area contributed by atoms with Gasteiger partial charge in [0, 0.05) is 11.8 Å². The van der Waals surface area contributed by atoms with Crippen molar-refractivity contribution >= 4 is 40.6 Å². The fourth-order valence-electron chi connectivity index (χ4n) is 3.76. The summed E-state index contributed by atoms with van der Waals surface area (Å²) >= 11 is 5.44. The first-order chi connectivity index (χ1) is 17.1. The Bertz CT molecular complexity index is 1320. The van der Waals surface area contributed by atoms with Crippen LogP contribution in [0.25, 0.3) is 0 Å². The van der Waals surface area contributed by atoms with E-state index in [9.17, 15) is 32.3 Å². The summed E-state index contributed by atoms with van der Waals surface area (Å²) in [5.41, 5.74) is -4.51. The van der Waals surface area contributed by atoms with Crippen molar-refractivity contribution in [3.8, 4) is 11.8 Å². The summed E-state index contributed by atoms with van der Waals surface area (Å²) in [5, 5.41) is 18.2. The summed E-state index contributed by atoms with van der Waals surface area (Å²) < 4.78 is 60.8. The Hall–Kier alpha value is -3.72. The van der Waals surface area contributed by atoms with Crippen molar-refractivity contribution in [2.45, 2.75) is 45.8 Å². The molecule has 0 aliphatic carbocycles. The Kier molecular flexibility index (Phi) is 7.25. The van der Waals surface area contributed by atoms with E-state index >= 15 is 0 Å². The lowest BCUT2D eigenvalue weighted by molar-refractivity contribution is -0.150. The van der Waals surface area contributed by atoms with Crippen molar-refractivity contribution in [3.63, 3.8) is 0 Å². The van der Waals surface area contributed by atoms with Gasteiger partial charge in [-0.15, -0.1) is 0 Å². The van der Waals surface area contributed by atoms with Crippen LogP contribution in [0.1, 0.15) is 45.2 Å². The number of alkyl halides is 3.